The first kappa shape index (κ1) is 16.8. The molecule has 0 amide bonds. The third-order valence-electron chi connectivity index (χ3n) is 5.01. The van der Waals surface area contributed by atoms with Gasteiger partial charge < -0.3 is 4.74 Å². The van der Waals surface area contributed by atoms with E-state index >= 15 is 0 Å². The molecule has 6 nitrogen and oxygen atoms in total. The summed E-state index contributed by atoms with van der Waals surface area (Å²) < 4.78 is 35.2. The SMILES string of the molecule is O=S(=O)(c1ccc2c(c1)CCCC2)N1CCO[C@H](Cn2cccn2)C1. The van der Waals surface area contributed by atoms with Gasteiger partial charge in [-0.2, -0.15) is 9.40 Å². The summed E-state index contributed by atoms with van der Waals surface area (Å²) >= 11 is 0. The fourth-order valence-corrected chi connectivity index (χ4v) is 5.16. The molecule has 25 heavy (non-hydrogen) atoms. The number of aryl methyl sites for hydroxylation is 2. The highest BCUT2D eigenvalue weighted by Crippen LogP contribution is 2.26. The second-order valence-corrected chi connectivity index (χ2v) is 8.66. The number of aromatic nitrogens is 2. The molecular formula is C18H23N3O3S. The average Bonchev–Trinajstić information content (AvgIpc) is 3.14. The van der Waals surface area contributed by atoms with E-state index in [0.717, 1.165) is 19.3 Å². The van der Waals surface area contributed by atoms with Crippen molar-refractivity contribution in [2.24, 2.45) is 0 Å². The van der Waals surface area contributed by atoms with Crippen molar-refractivity contribution in [3.05, 3.63) is 47.8 Å². The Kier molecular flexibility index (Phi) is 4.62. The molecule has 1 saturated heterocycles. The highest BCUT2D eigenvalue weighted by atomic mass is 32.2. The minimum Gasteiger partial charge on any atom is -0.374 e. The first-order valence-corrected chi connectivity index (χ1v) is 10.3. The number of hydrogen-bond acceptors (Lipinski definition) is 4. The molecule has 0 spiro atoms. The average molecular weight is 361 g/mol. The summed E-state index contributed by atoms with van der Waals surface area (Å²) in [7, 11) is -3.48. The molecule has 1 atom stereocenters. The van der Waals surface area contributed by atoms with Crippen LogP contribution < -0.4 is 0 Å². The zero-order chi connectivity index (χ0) is 17.3. The van der Waals surface area contributed by atoms with Crippen molar-refractivity contribution in [3.63, 3.8) is 0 Å². The molecule has 0 radical (unpaired) electrons. The number of sulfonamides is 1. The van der Waals surface area contributed by atoms with Gasteiger partial charge in [-0.1, -0.05) is 6.07 Å². The second kappa shape index (κ2) is 6.90. The lowest BCUT2D eigenvalue weighted by Gasteiger charge is -2.32. The van der Waals surface area contributed by atoms with E-state index in [-0.39, 0.29) is 6.10 Å². The Morgan fingerprint density at radius 2 is 2.04 bits per heavy atom. The molecule has 1 aliphatic heterocycles. The van der Waals surface area contributed by atoms with E-state index in [1.807, 2.05) is 24.4 Å². The molecule has 1 aromatic carbocycles. The predicted octanol–water partition coefficient (Wildman–Crippen LogP) is 1.85. The van der Waals surface area contributed by atoms with E-state index < -0.39 is 10.0 Å². The van der Waals surface area contributed by atoms with Crippen LogP contribution in [0.2, 0.25) is 0 Å². The van der Waals surface area contributed by atoms with Crippen LogP contribution in [0.25, 0.3) is 0 Å². The Hall–Kier alpha value is -1.70. The lowest BCUT2D eigenvalue weighted by Crippen LogP contribution is -2.47. The maximum atomic E-state index is 13.1. The summed E-state index contributed by atoms with van der Waals surface area (Å²) in [5.74, 6) is 0. The van der Waals surface area contributed by atoms with Gasteiger partial charge in [0.1, 0.15) is 0 Å². The summed E-state index contributed by atoms with van der Waals surface area (Å²) in [6.45, 7) is 1.73. The standard InChI is InChI=1S/C18H23N3O3S/c22-25(23,18-7-6-15-4-1-2-5-16(15)12-18)21-10-11-24-17(14-21)13-20-9-3-8-19-20/h3,6-9,12,17H,1-2,4-5,10-11,13-14H2/t17-/m1/s1. The Balaban J connectivity index is 1.53. The molecule has 1 aliphatic carbocycles. The van der Waals surface area contributed by atoms with Gasteiger partial charge in [0, 0.05) is 25.5 Å². The number of fused-ring (bicyclic) bond motifs is 1. The second-order valence-electron chi connectivity index (χ2n) is 6.72. The Labute approximate surface area is 148 Å². The van der Waals surface area contributed by atoms with E-state index in [1.54, 1.807) is 21.3 Å². The van der Waals surface area contributed by atoms with E-state index in [2.05, 4.69) is 5.10 Å². The minimum absolute atomic E-state index is 0.180. The van der Waals surface area contributed by atoms with Crippen LogP contribution in [0.4, 0.5) is 0 Å². The molecule has 2 aromatic rings. The van der Waals surface area contributed by atoms with Gasteiger partial charge in [-0.3, -0.25) is 4.68 Å². The molecular weight excluding hydrogens is 338 g/mol. The number of rotatable bonds is 4. The number of hydrogen-bond donors (Lipinski definition) is 0. The minimum atomic E-state index is -3.48. The maximum Gasteiger partial charge on any atom is 0.243 e. The third kappa shape index (κ3) is 3.49. The van der Waals surface area contributed by atoms with Crippen LogP contribution in [0.5, 0.6) is 0 Å². The predicted molar refractivity (Wildman–Crippen MR) is 93.8 cm³/mol. The van der Waals surface area contributed by atoms with Gasteiger partial charge in [-0.05, 0) is 55.0 Å². The maximum absolute atomic E-state index is 13.1. The van der Waals surface area contributed by atoms with Gasteiger partial charge in [0.05, 0.1) is 24.2 Å². The highest BCUT2D eigenvalue weighted by molar-refractivity contribution is 7.89. The van der Waals surface area contributed by atoms with Gasteiger partial charge in [-0.15, -0.1) is 0 Å². The van der Waals surface area contributed by atoms with Crippen molar-refractivity contribution >= 4 is 10.0 Å². The van der Waals surface area contributed by atoms with Crippen molar-refractivity contribution in [3.8, 4) is 0 Å². The van der Waals surface area contributed by atoms with Crippen LogP contribution >= 0.6 is 0 Å². The molecule has 4 rings (SSSR count). The van der Waals surface area contributed by atoms with E-state index in [4.69, 9.17) is 4.74 Å². The van der Waals surface area contributed by atoms with Gasteiger partial charge in [-0.25, -0.2) is 8.42 Å². The lowest BCUT2D eigenvalue weighted by atomic mass is 9.92. The molecule has 0 bridgehead atoms. The van der Waals surface area contributed by atoms with Gasteiger partial charge in [0.15, 0.2) is 0 Å². The first-order chi connectivity index (χ1) is 12.1. The summed E-state index contributed by atoms with van der Waals surface area (Å²) in [6.07, 6.45) is 7.76. The normalized spacial score (nSPS) is 21.8. The Morgan fingerprint density at radius 3 is 2.84 bits per heavy atom. The summed E-state index contributed by atoms with van der Waals surface area (Å²) in [5.41, 5.74) is 2.48. The fraction of sp³-hybridized carbons (Fsp3) is 0.500. The molecule has 1 fully saturated rings. The summed E-state index contributed by atoms with van der Waals surface area (Å²) in [5, 5.41) is 4.17. The highest BCUT2D eigenvalue weighted by Gasteiger charge is 2.31. The van der Waals surface area contributed by atoms with E-state index in [9.17, 15) is 8.42 Å². The van der Waals surface area contributed by atoms with Crippen LogP contribution in [0.3, 0.4) is 0 Å². The number of benzene rings is 1. The van der Waals surface area contributed by atoms with Crippen molar-refractivity contribution in [2.75, 3.05) is 19.7 Å². The summed E-state index contributed by atoms with van der Waals surface area (Å²) in [4.78, 5) is 0.410. The quantitative estimate of drug-likeness (QED) is 0.834. The molecule has 0 N–H and O–H groups in total. The van der Waals surface area contributed by atoms with E-state index in [0.29, 0.717) is 31.1 Å². The smallest absolute Gasteiger partial charge is 0.243 e. The van der Waals surface area contributed by atoms with Crippen LogP contribution in [0.15, 0.2) is 41.6 Å². The van der Waals surface area contributed by atoms with Gasteiger partial charge in [0.2, 0.25) is 10.0 Å². The van der Waals surface area contributed by atoms with Crippen LogP contribution in [-0.4, -0.2) is 48.3 Å². The molecule has 7 heteroatoms. The molecule has 2 aliphatic rings. The number of morpholine rings is 1. The number of ether oxygens (including phenoxy) is 1. The molecule has 0 saturated carbocycles. The van der Waals surface area contributed by atoms with Crippen molar-refractivity contribution in [2.45, 2.75) is 43.2 Å². The molecule has 2 heterocycles. The largest absolute Gasteiger partial charge is 0.374 e. The van der Waals surface area contributed by atoms with Gasteiger partial charge in [0.25, 0.3) is 0 Å². The van der Waals surface area contributed by atoms with Crippen LogP contribution in [-0.2, 0) is 34.1 Å². The van der Waals surface area contributed by atoms with Crippen LogP contribution in [0, 0.1) is 0 Å². The zero-order valence-electron chi connectivity index (χ0n) is 14.2. The van der Waals surface area contributed by atoms with Crippen molar-refractivity contribution < 1.29 is 13.2 Å². The lowest BCUT2D eigenvalue weighted by molar-refractivity contribution is -0.0120. The van der Waals surface area contributed by atoms with Crippen molar-refractivity contribution in [1.29, 1.82) is 0 Å². The van der Waals surface area contributed by atoms with E-state index in [1.165, 1.54) is 17.5 Å². The number of nitrogens with zero attached hydrogens (tertiary/aromatic N) is 3. The fourth-order valence-electron chi connectivity index (χ4n) is 3.66. The zero-order valence-corrected chi connectivity index (χ0v) is 15.0. The first-order valence-electron chi connectivity index (χ1n) is 8.84. The summed E-state index contributed by atoms with van der Waals surface area (Å²) in [6, 6.07) is 7.48. The molecule has 0 unspecified atom stereocenters. The van der Waals surface area contributed by atoms with Crippen molar-refractivity contribution in [1.82, 2.24) is 14.1 Å². The van der Waals surface area contributed by atoms with Gasteiger partial charge >= 0.3 is 0 Å². The topological polar surface area (TPSA) is 64.4 Å². The van der Waals surface area contributed by atoms with Crippen LogP contribution in [0.1, 0.15) is 24.0 Å². The molecule has 134 valence electrons. The third-order valence-corrected chi connectivity index (χ3v) is 6.87. The molecule has 1 aromatic heterocycles. The monoisotopic (exact) mass is 361 g/mol. The Bertz CT molecular complexity index is 833. The Morgan fingerprint density at radius 1 is 1.20 bits per heavy atom.